The van der Waals surface area contributed by atoms with Crippen LogP contribution in [0.15, 0.2) is 74.2 Å². The summed E-state index contributed by atoms with van der Waals surface area (Å²) in [7, 11) is 0. The van der Waals surface area contributed by atoms with Crippen molar-refractivity contribution in [1.82, 2.24) is 19.7 Å². The maximum Gasteiger partial charge on any atom is 0.435 e. The second kappa shape index (κ2) is 7.12. The Morgan fingerprint density at radius 2 is 1.86 bits per heavy atom. The fourth-order valence-electron chi connectivity index (χ4n) is 2.54. The standard InChI is InChI=1S/C18H11F3N4O2S/c19-18(20,21)14-7-8-15(24-23-14)28-17-22-13-6-2-1-5-12(13)16(26)25(17)10-11-4-3-9-27-11/h1-9H,10H2. The van der Waals surface area contributed by atoms with Gasteiger partial charge in [-0.05, 0) is 48.2 Å². The SMILES string of the molecule is O=c1c2ccccc2nc(Sc2ccc(C(F)(F)F)nn2)n1Cc1ccco1. The van der Waals surface area contributed by atoms with Crippen molar-refractivity contribution in [3.8, 4) is 0 Å². The molecule has 142 valence electrons. The van der Waals surface area contributed by atoms with Crippen molar-refractivity contribution in [3.63, 3.8) is 0 Å². The van der Waals surface area contributed by atoms with Gasteiger partial charge in [0.2, 0.25) is 0 Å². The zero-order valence-electron chi connectivity index (χ0n) is 14.1. The van der Waals surface area contributed by atoms with Gasteiger partial charge in [-0.15, -0.1) is 10.2 Å². The summed E-state index contributed by atoms with van der Waals surface area (Å²) in [5.74, 6) is 0.541. The Bertz CT molecular complexity index is 1170. The number of nitrogens with zero attached hydrogens (tertiary/aromatic N) is 4. The normalized spacial score (nSPS) is 11.8. The van der Waals surface area contributed by atoms with E-state index in [1.54, 1.807) is 36.4 Å². The van der Waals surface area contributed by atoms with Gasteiger partial charge >= 0.3 is 6.18 Å². The van der Waals surface area contributed by atoms with Crippen LogP contribution in [-0.4, -0.2) is 19.7 Å². The molecule has 0 aliphatic heterocycles. The second-order valence-electron chi connectivity index (χ2n) is 5.74. The average Bonchev–Trinajstić information content (AvgIpc) is 3.18. The van der Waals surface area contributed by atoms with E-state index in [0.717, 1.165) is 17.8 Å². The van der Waals surface area contributed by atoms with Crippen LogP contribution >= 0.6 is 11.8 Å². The highest BCUT2D eigenvalue weighted by atomic mass is 32.2. The molecule has 0 N–H and O–H groups in total. The van der Waals surface area contributed by atoms with Crippen molar-refractivity contribution in [2.24, 2.45) is 0 Å². The molecule has 0 atom stereocenters. The monoisotopic (exact) mass is 404 g/mol. The highest BCUT2D eigenvalue weighted by molar-refractivity contribution is 7.99. The third-order valence-corrected chi connectivity index (χ3v) is 4.77. The van der Waals surface area contributed by atoms with Gasteiger partial charge < -0.3 is 4.42 Å². The van der Waals surface area contributed by atoms with Gasteiger partial charge in [0.15, 0.2) is 10.9 Å². The van der Waals surface area contributed by atoms with Gasteiger partial charge in [0, 0.05) is 0 Å². The van der Waals surface area contributed by atoms with Gasteiger partial charge in [0.25, 0.3) is 5.56 Å². The average molecular weight is 404 g/mol. The summed E-state index contributed by atoms with van der Waals surface area (Å²) in [6.45, 7) is 0.125. The molecule has 10 heteroatoms. The first-order valence-corrected chi connectivity index (χ1v) is 8.84. The van der Waals surface area contributed by atoms with Crippen molar-refractivity contribution in [2.75, 3.05) is 0 Å². The Morgan fingerprint density at radius 1 is 1.04 bits per heavy atom. The Morgan fingerprint density at radius 3 is 2.54 bits per heavy atom. The quantitative estimate of drug-likeness (QED) is 0.479. The van der Waals surface area contributed by atoms with Gasteiger partial charge in [-0.2, -0.15) is 13.2 Å². The van der Waals surface area contributed by atoms with E-state index in [4.69, 9.17) is 4.42 Å². The number of hydrogen-bond donors (Lipinski definition) is 0. The van der Waals surface area contributed by atoms with E-state index in [-0.39, 0.29) is 22.3 Å². The van der Waals surface area contributed by atoms with Crippen LogP contribution in [0, 0.1) is 0 Å². The van der Waals surface area contributed by atoms with Gasteiger partial charge in [-0.25, -0.2) is 4.98 Å². The van der Waals surface area contributed by atoms with E-state index in [1.807, 2.05) is 0 Å². The molecule has 0 radical (unpaired) electrons. The summed E-state index contributed by atoms with van der Waals surface area (Å²) in [6.07, 6.45) is -3.08. The predicted octanol–water partition coefficient (Wildman–Crippen LogP) is 4.00. The summed E-state index contributed by atoms with van der Waals surface area (Å²) in [5.41, 5.74) is -0.897. The Hall–Kier alpha value is -3.14. The van der Waals surface area contributed by atoms with E-state index >= 15 is 0 Å². The lowest BCUT2D eigenvalue weighted by molar-refractivity contribution is -0.141. The maximum absolute atomic E-state index is 12.9. The molecule has 0 fully saturated rings. The van der Waals surface area contributed by atoms with Crippen LogP contribution < -0.4 is 5.56 Å². The lowest BCUT2D eigenvalue weighted by Gasteiger charge is -2.12. The molecule has 0 bridgehead atoms. The molecule has 0 saturated carbocycles. The molecular weight excluding hydrogens is 393 g/mol. The Balaban J connectivity index is 1.77. The van der Waals surface area contributed by atoms with Crippen molar-refractivity contribution in [1.29, 1.82) is 0 Å². The van der Waals surface area contributed by atoms with Crippen LogP contribution in [0.25, 0.3) is 10.9 Å². The summed E-state index contributed by atoms with van der Waals surface area (Å²) in [4.78, 5) is 17.4. The minimum atomic E-state index is -4.57. The van der Waals surface area contributed by atoms with Gasteiger partial charge in [0.1, 0.15) is 10.8 Å². The largest absolute Gasteiger partial charge is 0.467 e. The molecule has 0 aliphatic carbocycles. The number of rotatable bonds is 4. The van der Waals surface area contributed by atoms with Crippen LogP contribution in [-0.2, 0) is 12.7 Å². The molecule has 3 aromatic heterocycles. The third kappa shape index (κ3) is 3.63. The van der Waals surface area contributed by atoms with Crippen molar-refractivity contribution in [3.05, 3.63) is 76.6 Å². The van der Waals surface area contributed by atoms with Crippen LogP contribution in [0.2, 0.25) is 0 Å². The molecule has 4 aromatic rings. The van der Waals surface area contributed by atoms with E-state index in [1.165, 1.54) is 16.9 Å². The summed E-state index contributed by atoms with van der Waals surface area (Å²) in [5, 5.41) is 7.69. The fourth-order valence-corrected chi connectivity index (χ4v) is 3.35. The molecule has 1 aromatic carbocycles. The van der Waals surface area contributed by atoms with Crippen molar-refractivity contribution in [2.45, 2.75) is 22.9 Å². The number of para-hydroxylation sites is 1. The Kier molecular flexibility index (Phi) is 4.63. The van der Waals surface area contributed by atoms with Crippen LogP contribution in [0.1, 0.15) is 11.5 Å². The fraction of sp³-hybridized carbons (Fsp3) is 0.111. The molecule has 0 saturated heterocycles. The second-order valence-corrected chi connectivity index (χ2v) is 6.73. The molecule has 0 aliphatic rings. The van der Waals surface area contributed by atoms with Crippen LogP contribution in [0.5, 0.6) is 0 Å². The number of alkyl halides is 3. The molecule has 0 spiro atoms. The van der Waals surface area contributed by atoms with Crippen LogP contribution in [0.4, 0.5) is 13.2 Å². The summed E-state index contributed by atoms with van der Waals surface area (Å²) < 4.78 is 44.7. The minimum Gasteiger partial charge on any atom is -0.467 e. The molecule has 6 nitrogen and oxygen atoms in total. The lowest BCUT2D eigenvalue weighted by Crippen LogP contribution is -2.23. The molecule has 3 heterocycles. The number of fused-ring (bicyclic) bond motifs is 1. The van der Waals surface area contributed by atoms with E-state index < -0.39 is 11.9 Å². The molecular formula is C18H11F3N4O2S. The number of furan rings is 1. The van der Waals surface area contributed by atoms with Crippen LogP contribution in [0.3, 0.4) is 0 Å². The predicted molar refractivity (Wildman–Crippen MR) is 95.0 cm³/mol. The van der Waals surface area contributed by atoms with Gasteiger partial charge in [0.05, 0.1) is 23.7 Å². The summed E-state index contributed by atoms with van der Waals surface area (Å²) >= 11 is 0.954. The molecule has 28 heavy (non-hydrogen) atoms. The highest BCUT2D eigenvalue weighted by Crippen LogP contribution is 2.29. The lowest BCUT2D eigenvalue weighted by atomic mass is 10.2. The highest BCUT2D eigenvalue weighted by Gasteiger charge is 2.33. The topological polar surface area (TPSA) is 73.8 Å². The Labute approximate surface area is 160 Å². The number of benzene rings is 1. The number of aromatic nitrogens is 4. The van der Waals surface area contributed by atoms with Gasteiger partial charge in [-0.1, -0.05) is 12.1 Å². The zero-order valence-corrected chi connectivity index (χ0v) is 14.9. The number of hydrogen-bond acceptors (Lipinski definition) is 6. The van der Waals surface area contributed by atoms with Crippen molar-refractivity contribution < 1.29 is 17.6 Å². The van der Waals surface area contributed by atoms with E-state index in [0.29, 0.717) is 16.7 Å². The first-order valence-electron chi connectivity index (χ1n) is 8.02. The minimum absolute atomic E-state index is 0.125. The van der Waals surface area contributed by atoms with E-state index in [9.17, 15) is 18.0 Å². The first kappa shape index (κ1) is 18.2. The third-order valence-electron chi connectivity index (χ3n) is 3.85. The molecule has 0 unspecified atom stereocenters. The molecule has 0 amide bonds. The first-order chi connectivity index (χ1) is 13.4. The van der Waals surface area contributed by atoms with E-state index in [2.05, 4.69) is 15.2 Å². The zero-order chi connectivity index (χ0) is 19.7. The number of halogens is 3. The molecule has 4 rings (SSSR count). The smallest absolute Gasteiger partial charge is 0.435 e. The maximum atomic E-state index is 12.9. The van der Waals surface area contributed by atoms with Crippen molar-refractivity contribution >= 4 is 22.7 Å². The van der Waals surface area contributed by atoms with Gasteiger partial charge in [-0.3, -0.25) is 9.36 Å². The summed E-state index contributed by atoms with van der Waals surface area (Å²) in [6, 6.07) is 12.3.